The Morgan fingerprint density at radius 2 is 2.50 bits per heavy atom. The fourth-order valence-corrected chi connectivity index (χ4v) is 1.88. The van der Waals surface area contributed by atoms with Crippen LogP contribution in [0.2, 0.25) is 0 Å². The zero-order valence-corrected chi connectivity index (χ0v) is 11.3. The fourth-order valence-electron chi connectivity index (χ4n) is 1.88. The highest BCUT2D eigenvalue weighted by atomic mass is 16.5. The van der Waals surface area contributed by atoms with E-state index in [-0.39, 0.29) is 12.6 Å². The third-order valence-corrected chi connectivity index (χ3v) is 2.78. The van der Waals surface area contributed by atoms with Crippen molar-refractivity contribution in [3.8, 4) is 0 Å². The molecule has 20 heavy (non-hydrogen) atoms. The third kappa shape index (κ3) is 3.69. The second kappa shape index (κ2) is 6.88. The van der Waals surface area contributed by atoms with E-state index in [9.17, 15) is 4.79 Å². The first-order valence-corrected chi connectivity index (χ1v) is 6.28. The molecular formula is C13H18N4O3. The molecule has 7 nitrogen and oxygen atoms in total. The average Bonchev–Trinajstić information content (AvgIpc) is 3.05. The maximum absolute atomic E-state index is 10.6. The molecule has 0 saturated heterocycles. The molecule has 0 saturated carbocycles. The molecule has 7 heteroatoms. The van der Waals surface area contributed by atoms with E-state index in [4.69, 9.17) is 14.9 Å². The van der Waals surface area contributed by atoms with E-state index >= 15 is 0 Å². The number of hydrogen-bond donors (Lipinski definition) is 2. The van der Waals surface area contributed by atoms with Crippen LogP contribution in [0, 0.1) is 0 Å². The van der Waals surface area contributed by atoms with E-state index in [1.54, 1.807) is 12.5 Å². The average molecular weight is 278 g/mol. The van der Waals surface area contributed by atoms with Crippen molar-refractivity contribution in [2.24, 2.45) is 12.8 Å². The summed E-state index contributed by atoms with van der Waals surface area (Å²) in [6, 6.07) is 3.55. The smallest absolute Gasteiger partial charge is 0.243 e. The van der Waals surface area contributed by atoms with Gasteiger partial charge in [0.1, 0.15) is 24.2 Å². The van der Waals surface area contributed by atoms with Gasteiger partial charge in [0.05, 0.1) is 12.9 Å². The van der Waals surface area contributed by atoms with Crippen LogP contribution in [-0.2, 0) is 16.6 Å². The Labute approximate surface area is 116 Å². The predicted octanol–water partition coefficient (Wildman–Crippen LogP) is 0.194. The molecule has 0 bridgehead atoms. The monoisotopic (exact) mass is 278 g/mol. The Morgan fingerprint density at radius 3 is 3.10 bits per heavy atom. The molecule has 108 valence electrons. The van der Waals surface area contributed by atoms with Gasteiger partial charge in [0.2, 0.25) is 5.91 Å². The summed E-state index contributed by atoms with van der Waals surface area (Å²) in [7, 11) is 1.92. The van der Waals surface area contributed by atoms with Crippen molar-refractivity contribution in [2.45, 2.75) is 6.04 Å². The lowest BCUT2D eigenvalue weighted by atomic mass is 10.2. The van der Waals surface area contributed by atoms with Crippen LogP contribution in [0.1, 0.15) is 17.6 Å². The lowest BCUT2D eigenvalue weighted by Gasteiger charge is -2.16. The topological polar surface area (TPSA) is 95.3 Å². The normalized spacial score (nSPS) is 12.4. The van der Waals surface area contributed by atoms with Crippen LogP contribution < -0.4 is 11.1 Å². The number of nitrogens with zero attached hydrogens (tertiary/aromatic N) is 2. The second-order valence-corrected chi connectivity index (χ2v) is 4.32. The first kappa shape index (κ1) is 14.3. The van der Waals surface area contributed by atoms with E-state index in [2.05, 4.69) is 10.3 Å². The number of aryl methyl sites for hydroxylation is 1. The molecule has 1 unspecified atom stereocenters. The van der Waals surface area contributed by atoms with Gasteiger partial charge in [-0.05, 0) is 12.1 Å². The number of carbonyl (C=O) groups excluding carboxylic acids is 1. The number of furan rings is 1. The van der Waals surface area contributed by atoms with Gasteiger partial charge in [-0.2, -0.15) is 0 Å². The van der Waals surface area contributed by atoms with Gasteiger partial charge in [-0.15, -0.1) is 0 Å². The SMILES string of the molecule is Cn1ccnc1C(NCCOCC(N)=O)c1ccco1. The summed E-state index contributed by atoms with van der Waals surface area (Å²) in [6.45, 7) is 0.853. The molecule has 2 heterocycles. The molecule has 1 atom stereocenters. The maximum atomic E-state index is 10.6. The van der Waals surface area contributed by atoms with Gasteiger partial charge in [-0.3, -0.25) is 10.1 Å². The van der Waals surface area contributed by atoms with Crippen molar-refractivity contribution in [1.82, 2.24) is 14.9 Å². The van der Waals surface area contributed by atoms with Crippen LogP contribution in [0.5, 0.6) is 0 Å². The predicted molar refractivity (Wildman–Crippen MR) is 71.8 cm³/mol. The van der Waals surface area contributed by atoms with Crippen LogP contribution in [0.15, 0.2) is 35.2 Å². The third-order valence-electron chi connectivity index (χ3n) is 2.78. The zero-order chi connectivity index (χ0) is 14.4. The van der Waals surface area contributed by atoms with Gasteiger partial charge in [0, 0.05) is 26.0 Å². The van der Waals surface area contributed by atoms with Crippen molar-refractivity contribution < 1.29 is 13.9 Å². The molecule has 3 N–H and O–H groups in total. The molecule has 2 aromatic rings. The van der Waals surface area contributed by atoms with Gasteiger partial charge in [-0.1, -0.05) is 0 Å². The maximum Gasteiger partial charge on any atom is 0.243 e. The zero-order valence-electron chi connectivity index (χ0n) is 11.3. The number of rotatable bonds is 8. The number of nitrogens with two attached hydrogens (primary N) is 1. The minimum atomic E-state index is -0.475. The van der Waals surface area contributed by atoms with Crippen LogP contribution in [0.4, 0.5) is 0 Å². The summed E-state index contributed by atoms with van der Waals surface area (Å²) in [5, 5.41) is 3.28. The molecule has 0 aliphatic heterocycles. The van der Waals surface area contributed by atoms with Gasteiger partial charge in [0.15, 0.2) is 0 Å². The number of aromatic nitrogens is 2. The largest absolute Gasteiger partial charge is 0.467 e. The lowest BCUT2D eigenvalue weighted by molar-refractivity contribution is -0.122. The Balaban J connectivity index is 1.95. The van der Waals surface area contributed by atoms with E-state index in [1.807, 2.05) is 29.9 Å². The molecule has 0 fully saturated rings. The van der Waals surface area contributed by atoms with Crippen molar-refractivity contribution in [3.05, 3.63) is 42.4 Å². The number of ether oxygens (including phenoxy) is 1. The van der Waals surface area contributed by atoms with Crippen LogP contribution in [0.3, 0.4) is 0 Å². The van der Waals surface area contributed by atoms with Crippen molar-refractivity contribution in [3.63, 3.8) is 0 Å². The summed E-state index contributed by atoms with van der Waals surface area (Å²) in [4.78, 5) is 14.9. The van der Waals surface area contributed by atoms with Gasteiger partial charge in [-0.25, -0.2) is 4.98 Å². The molecule has 0 radical (unpaired) electrons. The van der Waals surface area contributed by atoms with E-state index in [1.165, 1.54) is 0 Å². The molecule has 2 aromatic heterocycles. The molecule has 0 spiro atoms. The fraction of sp³-hybridized carbons (Fsp3) is 0.385. The highest BCUT2D eigenvalue weighted by molar-refractivity contribution is 5.74. The van der Waals surface area contributed by atoms with Crippen LogP contribution in [0.25, 0.3) is 0 Å². The summed E-state index contributed by atoms with van der Waals surface area (Å²) in [5.41, 5.74) is 5.00. The Kier molecular flexibility index (Phi) is 4.91. The van der Waals surface area contributed by atoms with Crippen molar-refractivity contribution in [1.29, 1.82) is 0 Å². The van der Waals surface area contributed by atoms with Crippen LogP contribution >= 0.6 is 0 Å². The van der Waals surface area contributed by atoms with Gasteiger partial charge in [0.25, 0.3) is 0 Å². The van der Waals surface area contributed by atoms with E-state index in [0.29, 0.717) is 13.2 Å². The highest BCUT2D eigenvalue weighted by Crippen LogP contribution is 2.20. The van der Waals surface area contributed by atoms with Crippen LogP contribution in [-0.4, -0.2) is 35.2 Å². The number of nitrogens with one attached hydrogen (secondary N) is 1. The minimum absolute atomic E-state index is 0.0739. The Morgan fingerprint density at radius 1 is 1.65 bits per heavy atom. The minimum Gasteiger partial charge on any atom is -0.467 e. The second-order valence-electron chi connectivity index (χ2n) is 4.32. The number of hydrogen-bond acceptors (Lipinski definition) is 5. The molecular weight excluding hydrogens is 260 g/mol. The summed E-state index contributed by atoms with van der Waals surface area (Å²) >= 11 is 0. The van der Waals surface area contributed by atoms with E-state index < -0.39 is 5.91 Å². The molecule has 0 aromatic carbocycles. The summed E-state index contributed by atoms with van der Waals surface area (Å²) in [5.74, 6) is 1.14. The van der Waals surface area contributed by atoms with Gasteiger partial charge >= 0.3 is 0 Å². The first-order valence-electron chi connectivity index (χ1n) is 6.28. The quantitative estimate of drug-likeness (QED) is 0.672. The number of carbonyl (C=O) groups is 1. The first-order chi connectivity index (χ1) is 9.68. The number of primary amides is 1. The standard InChI is InChI=1S/C13H18N4O3/c1-17-6-4-16-13(17)12(10-3-2-7-20-10)15-5-8-19-9-11(14)18/h2-4,6-7,12,15H,5,8-9H2,1H3,(H2,14,18). The Bertz CT molecular complexity index is 536. The number of amides is 1. The molecule has 0 aliphatic carbocycles. The molecule has 0 aliphatic rings. The van der Waals surface area contributed by atoms with Gasteiger partial charge < -0.3 is 19.5 Å². The Hall–Kier alpha value is -2.12. The highest BCUT2D eigenvalue weighted by Gasteiger charge is 2.20. The lowest BCUT2D eigenvalue weighted by Crippen LogP contribution is -2.29. The van der Waals surface area contributed by atoms with Crippen molar-refractivity contribution >= 4 is 5.91 Å². The molecule has 1 amide bonds. The summed E-state index contributed by atoms with van der Waals surface area (Å²) in [6.07, 6.45) is 5.23. The van der Waals surface area contributed by atoms with E-state index in [0.717, 1.165) is 11.6 Å². The summed E-state index contributed by atoms with van der Waals surface area (Å²) < 4.78 is 12.5. The molecule has 2 rings (SSSR count). The number of imidazole rings is 1. The van der Waals surface area contributed by atoms with Crippen molar-refractivity contribution in [2.75, 3.05) is 19.8 Å².